The highest BCUT2D eigenvalue weighted by atomic mass is 16.5. The number of carbonyl (C=O) groups excluding carboxylic acids is 1. The summed E-state index contributed by atoms with van der Waals surface area (Å²) in [6, 6.07) is 14.4. The Hall–Kier alpha value is -2.09. The van der Waals surface area contributed by atoms with E-state index < -0.39 is 5.41 Å². The number of ketones is 1. The molecule has 0 aromatic heterocycles. The minimum Gasteiger partial charge on any atom is -0.497 e. The Labute approximate surface area is 144 Å². The molecule has 3 rings (SSSR count). The van der Waals surface area contributed by atoms with Gasteiger partial charge in [-0.15, -0.1) is 0 Å². The van der Waals surface area contributed by atoms with Crippen LogP contribution >= 0.6 is 0 Å². The molecule has 2 nitrogen and oxygen atoms in total. The van der Waals surface area contributed by atoms with Crippen molar-refractivity contribution in [2.75, 3.05) is 7.11 Å². The highest BCUT2D eigenvalue weighted by molar-refractivity contribution is 6.06. The molecule has 1 unspecified atom stereocenters. The van der Waals surface area contributed by atoms with Crippen LogP contribution in [0.5, 0.6) is 5.75 Å². The largest absolute Gasteiger partial charge is 0.497 e. The van der Waals surface area contributed by atoms with Crippen molar-refractivity contribution in [2.24, 2.45) is 0 Å². The van der Waals surface area contributed by atoms with Gasteiger partial charge in [0.25, 0.3) is 0 Å². The molecule has 0 bridgehead atoms. The molecule has 0 fully saturated rings. The van der Waals surface area contributed by atoms with Crippen LogP contribution in [0.15, 0.2) is 42.5 Å². The van der Waals surface area contributed by atoms with Gasteiger partial charge in [0.2, 0.25) is 0 Å². The first-order chi connectivity index (χ1) is 11.3. The Morgan fingerprint density at radius 1 is 1.04 bits per heavy atom. The Morgan fingerprint density at radius 2 is 1.71 bits per heavy atom. The lowest BCUT2D eigenvalue weighted by Gasteiger charge is -2.34. The molecule has 0 saturated heterocycles. The highest BCUT2D eigenvalue weighted by Gasteiger charge is 2.40. The first-order valence-corrected chi connectivity index (χ1v) is 8.58. The Balaban J connectivity index is 1.97. The molecule has 0 amide bonds. The number of aryl methyl sites for hydroxylation is 1. The normalized spacial score (nSPS) is 20.6. The van der Waals surface area contributed by atoms with Gasteiger partial charge in [-0.3, -0.25) is 4.79 Å². The van der Waals surface area contributed by atoms with E-state index in [2.05, 4.69) is 52.0 Å². The van der Waals surface area contributed by atoms with Gasteiger partial charge in [0, 0.05) is 5.56 Å². The van der Waals surface area contributed by atoms with Crippen molar-refractivity contribution in [2.45, 2.75) is 51.4 Å². The van der Waals surface area contributed by atoms with Crippen molar-refractivity contribution in [3.05, 3.63) is 64.7 Å². The van der Waals surface area contributed by atoms with Gasteiger partial charge in [-0.1, -0.05) is 45.0 Å². The topological polar surface area (TPSA) is 26.3 Å². The van der Waals surface area contributed by atoms with Crippen LogP contribution in [0.1, 0.15) is 61.2 Å². The molecule has 126 valence electrons. The molecule has 24 heavy (non-hydrogen) atoms. The monoisotopic (exact) mass is 322 g/mol. The SMILES string of the molecule is COc1ccc2c(c1)CCC(C)(c1ccc(C(C)(C)C)cc1)C2=O. The second-order valence-corrected chi connectivity index (χ2v) is 8.01. The number of methoxy groups -OCH3 is 1. The number of fused-ring (bicyclic) bond motifs is 1. The summed E-state index contributed by atoms with van der Waals surface area (Å²) < 4.78 is 5.29. The maximum absolute atomic E-state index is 13.2. The van der Waals surface area contributed by atoms with E-state index in [0.717, 1.165) is 35.3 Å². The second kappa shape index (κ2) is 5.77. The smallest absolute Gasteiger partial charge is 0.173 e. The van der Waals surface area contributed by atoms with Crippen LogP contribution in [0, 0.1) is 0 Å². The van der Waals surface area contributed by atoms with Crippen LogP contribution in [0.2, 0.25) is 0 Å². The standard InChI is InChI=1S/C22H26O2/c1-21(2,3)16-6-8-17(9-7-16)22(4)13-12-15-14-18(24-5)10-11-19(15)20(22)23/h6-11,14H,12-13H2,1-5H3. The summed E-state index contributed by atoms with van der Waals surface area (Å²) in [6.07, 6.45) is 1.73. The fourth-order valence-corrected chi connectivity index (χ4v) is 3.53. The van der Waals surface area contributed by atoms with Crippen molar-refractivity contribution in [1.82, 2.24) is 0 Å². The number of hydrogen-bond donors (Lipinski definition) is 0. The molecule has 0 spiro atoms. The van der Waals surface area contributed by atoms with Gasteiger partial charge >= 0.3 is 0 Å². The molecule has 2 aromatic carbocycles. The molecule has 0 saturated carbocycles. The van der Waals surface area contributed by atoms with E-state index in [4.69, 9.17) is 4.74 Å². The van der Waals surface area contributed by atoms with E-state index in [0.29, 0.717) is 0 Å². The number of carbonyl (C=O) groups is 1. The van der Waals surface area contributed by atoms with Gasteiger partial charge in [-0.2, -0.15) is 0 Å². The molecule has 0 N–H and O–H groups in total. The minimum absolute atomic E-state index is 0.124. The third-order valence-corrected chi connectivity index (χ3v) is 5.34. The summed E-state index contributed by atoms with van der Waals surface area (Å²) in [5.74, 6) is 1.04. The zero-order valence-electron chi connectivity index (χ0n) is 15.3. The molecule has 0 radical (unpaired) electrons. The molecular formula is C22H26O2. The Bertz CT molecular complexity index is 766. The molecule has 2 heteroatoms. The maximum Gasteiger partial charge on any atom is 0.173 e. The van der Waals surface area contributed by atoms with Crippen molar-refractivity contribution >= 4 is 5.78 Å². The van der Waals surface area contributed by atoms with Gasteiger partial charge < -0.3 is 4.74 Å². The number of Topliss-reactive ketones (excluding diaryl/α,β-unsaturated/α-hetero) is 1. The number of ether oxygens (including phenoxy) is 1. The van der Waals surface area contributed by atoms with Crippen LogP contribution in [0.25, 0.3) is 0 Å². The maximum atomic E-state index is 13.2. The average molecular weight is 322 g/mol. The van der Waals surface area contributed by atoms with E-state index in [-0.39, 0.29) is 11.2 Å². The average Bonchev–Trinajstić information content (AvgIpc) is 2.57. The van der Waals surface area contributed by atoms with Crippen molar-refractivity contribution in [1.29, 1.82) is 0 Å². The zero-order valence-corrected chi connectivity index (χ0v) is 15.3. The van der Waals surface area contributed by atoms with Crippen molar-refractivity contribution in [3.63, 3.8) is 0 Å². The molecule has 1 aliphatic rings. The molecular weight excluding hydrogens is 296 g/mol. The summed E-state index contributed by atoms with van der Waals surface area (Å²) in [6.45, 7) is 8.70. The van der Waals surface area contributed by atoms with Crippen molar-refractivity contribution in [3.8, 4) is 5.75 Å². The van der Waals surface area contributed by atoms with Crippen LogP contribution in [-0.4, -0.2) is 12.9 Å². The fraction of sp³-hybridized carbons (Fsp3) is 0.409. The van der Waals surface area contributed by atoms with Crippen LogP contribution < -0.4 is 4.74 Å². The van der Waals surface area contributed by atoms with E-state index >= 15 is 0 Å². The summed E-state index contributed by atoms with van der Waals surface area (Å²) in [5, 5.41) is 0. The zero-order chi connectivity index (χ0) is 17.5. The fourth-order valence-electron chi connectivity index (χ4n) is 3.53. The lowest BCUT2D eigenvalue weighted by atomic mass is 9.67. The number of rotatable bonds is 2. The third kappa shape index (κ3) is 2.75. The second-order valence-electron chi connectivity index (χ2n) is 8.01. The summed E-state index contributed by atoms with van der Waals surface area (Å²) in [5.41, 5.74) is 4.02. The molecule has 1 aliphatic carbocycles. The Morgan fingerprint density at radius 3 is 2.29 bits per heavy atom. The summed E-state index contributed by atoms with van der Waals surface area (Å²) in [4.78, 5) is 13.2. The third-order valence-electron chi connectivity index (χ3n) is 5.34. The van der Waals surface area contributed by atoms with Crippen LogP contribution in [-0.2, 0) is 17.3 Å². The van der Waals surface area contributed by atoms with E-state index in [9.17, 15) is 4.79 Å². The van der Waals surface area contributed by atoms with Crippen molar-refractivity contribution < 1.29 is 9.53 Å². The van der Waals surface area contributed by atoms with E-state index in [1.54, 1.807) is 7.11 Å². The highest BCUT2D eigenvalue weighted by Crippen LogP contribution is 2.39. The lowest BCUT2D eigenvalue weighted by Crippen LogP contribution is -2.37. The van der Waals surface area contributed by atoms with Gasteiger partial charge in [0.05, 0.1) is 12.5 Å². The van der Waals surface area contributed by atoms with Gasteiger partial charge in [-0.05, 0) is 60.1 Å². The van der Waals surface area contributed by atoms with Gasteiger partial charge in [0.15, 0.2) is 5.78 Å². The number of hydrogen-bond acceptors (Lipinski definition) is 2. The molecule has 1 atom stereocenters. The quantitative estimate of drug-likeness (QED) is 0.770. The Kier molecular flexibility index (Phi) is 4.03. The van der Waals surface area contributed by atoms with E-state index in [1.165, 1.54) is 5.56 Å². The van der Waals surface area contributed by atoms with Gasteiger partial charge in [0.1, 0.15) is 5.75 Å². The predicted octanol–water partition coefficient (Wildman–Crippen LogP) is 5.08. The first-order valence-electron chi connectivity index (χ1n) is 8.58. The van der Waals surface area contributed by atoms with Crippen LogP contribution in [0.3, 0.4) is 0 Å². The lowest BCUT2D eigenvalue weighted by molar-refractivity contribution is 0.0875. The summed E-state index contributed by atoms with van der Waals surface area (Å²) >= 11 is 0. The molecule has 0 aliphatic heterocycles. The van der Waals surface area contributed by atoms with Crippen LogP contribution in [0.4, 0.5) is 0 Å². The molecule has 2 aromatic rings. The first kappa shape index (κ1) is 16.8. The minimum atomic E-state index is -0.446. The summed E-state index contributed by atoms with van der Waals surface area (Å²) in [7, 11) is 1.66. The van der Waals surface area contributed by atoms with Gasteiger partial charge in [-0.25, -0.2) is 0 Å². The molecule has 0 heterocycles. The van der Waals surface area contributed by atoms with E-state index in [1.807, 2.05) is 18.2 Å². The predicted molar refractivity (Wildman–Crippen MR) is 98.1 cm³/mol. The number of benzene rings is 2.